The Morgan fingerprint density at radius 1 is 1.00 bits per heavy atom. The van der Waals surface area contributed by atoms with E-state index in [1.807, 2.05) is 18.2 Å². The number of carbonyl (C=O) groups excluding carboxylic acids is 1. The molecule has 8 unspecified atom stereocenters. The Balaban J connectivity index is 1.25. The minimum atomic E-state index is 0.188. The summed E-state index contributed by atoms with van der Waals surface area (Å²) in [5, 5.41) is 0.759. The number of aromatic nitrogens is 1. The van der Waals surface area contributed by atoms with Gasteiger partial charge in [0.05, 0.1) is 10.2 Å². The third kappa shape index (κ3) is 2.87. The molecule has 160 valence electrons. The molecule has 0 radical (unpaired) electrons. The van der Waals surface area contributed by atoms with E-state index in [-0.39, 0.29) is 11.3 Å². The lowest BCUT2D eigenvalue weighted by Crippen LogP contribution is -2.49. The summed E-state index contributed by atoms with van der Waals surface area (Å²) in [6, 6.07) is 8.20. The lowest BCUT2D eigenvalue weighted by molar-refractivity contribution is -0.0634. The Morgan fingerprint density at radius 3 is 2.70 bits per heavy atom. The first-order valence-electron chi connectivity index (χ1n) is 12.4. The van der Waals surface area contributed by atoms with Gasteiger partial charge >= 0.3 is 0 Å². The molecule has 8 atom stereocenters. The van der Waals surface area contributed by atoms with Crippen molar-refractivity contribution >= 4 is 27.3 Å². The molecule has 4 saturated carbocycles. The van der Waals surface area contributed by atoms with Crippen molar-refractivity contribution in [3.8, 4) is 0 Å². The molecule has 4 aliphatic carbocycles. The van der Waals surface area contributed by atoms with Crippen LogP contribution in [0.3, 0.4) is 0 Å². The van der Waals surface area contributed by atoms with Gasteiger partial charge in [-0.05, 0) is 104 Å². The highest BCUT2D eigenvalue weighted by atomic mass is 32.1. The third-order valence-corrected chi connectivity index (χ3v) is 11.1. The van der Waals surface area contributed by atoms with Crippen molar-refractivity contribution < 1.29 is 4.79 Å². The molecule has 30 heavy (non-hydrogen) atoms. The van der Waals surface area contributed by atoms with Crippen LogP contribution >= 0.6 is 11.3 Å². The molecule has 4 aliphatic rings. The standard InChI is InChI=1S/C27H35NOS/c1-16-7-9-18-17(15-16)8-10-20-19(18)13-14-27(2)21(20)11-12-22(27)25(29)26-28-23-5-3-4-6-24(23)30-26/h3-6,16-22H,7-15H2,1-2H3. The van der Waals surface area contributed by atoms with Crippen LogP contribution in [0.5, 0.6) is 0 Å². The van der Waals surface area contributed by atoms with Crippen molar-refractivity contribution in [3.63, 3.8) is 0 Å². The molecule has 0 aliphatic heterocycles. The van der Waals surface area contributed by atoms with E-state index in [2.05, 4.69) is 19.9 Å². The van der Waals surface area contributed by atoms with Gasteiger partial charge in [0, 0.05) is 5.92 Å². The quantitative estimate of drug-likeness (QED) is 0.473. The molecule has 1 heterocycles. The topological polar surface area (TPSA) is 30.0 Å². The highest BCUT2D eigenvalue weighted by Crippen LogP contribution is 2.64. The van der Waals surface area contributed by atoms with Crippen molar-refractivity contribution in [3.05, 3.63) is 29.3 Å². The summed E-state index contributed by atoms with van der Waals surface area (Å²) in [5.74, 6) is 6.06. The van der Waals surface area contributed by atoms with Crippen molar-refractivity contribution in [2.45, 2.75) is 71.6 Å². The van der Waals surface area contributed by atoms with Gasteiger partial charge in [-0.15, -0.1) is 11.3 Å². The van der Waals surface area contributed by atoms with E-state index in [0.717, 1.165) is 57.2 Å². The fraction of sp³-hybridized carbons (Fsp3) is 0.704. The van der Waals surface area contributed by atoms with Crippen molar-refractivity contribution in [2.75, 3.05) is 0 Å². The van der Waals surface area contributed by atoms with Gasteiger partial charge in [-0.3, -0.25) is 4.79 Å². The number of para-hydroxylation sites is 1. The largest absolute Gasteiger partial charge is 0.291 e. The number of carbonyl (C=O) groups is 1. The van der Waals surface area contributed by atoms with E-state index >= 15 is 0 Å². The number of hydrogen-bond donors (Lipinski definition) is 0. The van der Waals surface area contributed by atoms with Gasteiger partial charge in [-0.25, -0.2) is 4.98 Å². The van der Waals surface area contributed by atoms with Gasteiger partial charge in [0.2, 0.25) is 0 Å². The molecular formula is C27H35NOS. The van der Waals surface area contributed by atoms with Gasteiger partial charge in [-0.1, -0.05) is 32.4 Å². The van der Waals surface area contributed by atoms with Crippen molar-refractivity contribution in [1.29, 1.82) is 0 Å². The molecule has 0 amide bonds. The lowest BCUT2D eigenvalue weighted by Gasteiger charge is -2.56. The predicted octanol–water partition coefficient (Wildman–Crippen LogP) is 7.38. The van der Waals surface area contributed by atoms with Gasteiger partial charge in [0.15, 0.2) is 10.8 Å². The molecule has 1 aromatic carbocycles. The average Bonchev–Trinajstić information content (AvgIpc) is 3.33. The van der Waals surface area contributed by atoms with Gasteiger partial charge in [0.1, 0.15) is 0 Å². The molecular weight excluding hydrogens is 386 g/mol. The molecule has 0 saturated heterocycles. The maximum absolute atomic E-state index is 13.6. The van der Waals surface area contributed by atoms with Gasteiger partial charge in [0.25, 0.3) is 0 Å². The second kappa shape index (κ2) is 7.15. The minimum absolute atomic E-state index is 0.188. The first-order valence-corrected chi connectivity index (χ1v) is 13.3. The van der Waals surface area contributed by atoms with Crippen molar-refractivity contribution in [2.24, 2.45) is 46.8 Å². The summed E-state index contributed by atoms with van der Waals surface area (Å²) in [5.41, 5.74) is 1.18. The summed E-state index contributed by atoms with van der Waals surface area (Å²) in [6.45, 7) is 4.95. The molecule has 1 aromatic heterocycles. The molecule has 0 bridgehead atoms. The summed E-state index contributed by atoms with van der Waals surface area (Å²) < 4.78 is 1.15. The number of rotatable bonds is 2. The van der Waals surface area contributed by atoms with Crippen LogP contribution in [0.1, 0.15) is 81.4 Å². The zero-order valence-corrected chi connectivity index (χ0v) is 19.3. The molecule has 2 aromatic rings. The number of fused-ring (bicyclic) bond motifs is 6. The number of Topliss-reactive ketones (excluding diaryl/α,β-unsaturated/α-hetero) is 1. The van der Waals surface area contributed by atoms with Crippen molar-refractivity contribution in [1.82, 2.24) is 4.98 Å². The third-order valence-electron chi connectivity index (χ3n) is 10.0. The first-order chi connectivity index (χ1) is 14.5. The number of hydrogen-bond acceptors (Lipinski definition) is 3. The van der Waals surface area contributed by atoms with Crippen LogP contribution in [-0.2, 0) is 0 Å². The number of ketones is 1. The van der Waals surface area contributed by atoms with E-state index in [0.29, 0.717) is 5.78 Å². The Bertz CT molecular complexity index is 932. The zero-order chi connectivity index (χ0) is 20.5. The second-order valence-corrected chi connectivity index (χ2v) is 12.4. The predicted molar refractivity (Wildman–Crippen MR) is 124 cm³/mol. The monoisotopic (exact) mass is 421 g/mol. The van der Waals surface area contributed by atoms with E-state index in [1.54, 1.807) is 11.3 Å². The Hall–Kier alpha value is -1.22. The van der Waals surface area contributed by atoms with Crippen LogP contribution < -0.4 is 0 Å². The van der Waals surface area contributed by atoms with Gasteiger partial charge in [-0.2, -0.15) is 0 Å². The SMILES string of the molecule is CC1CCC2C(CCC3C2CCC2(C)C(C(=O)c4nc5ccccc5s4)CCC32)C1. The molecule has 6 rings (SSSR count). The van der Waals surface area contributed by atoms with Crippen LogP contribution in [0, 0.1) is 46.8 Å². The maximum atomic E-state index is 13.6. The highest BCUT2D eigenvalue weighted by Gasteiger charge is 2.58. The van der Waals surface area contributed by atoms with E-state index in [1.165, 1.54) is 51.4 Å². The van der Waals surface area contributed by atoms with Gasteiger partial charge < -0.3 is 0 Å². The lowest BCUT2D eigenvalue weighted by atomic mass is 9.49. The number of nitrogens with zero attached hydrogens (tertiary/aromatic N) is 1. The Morgan fingerprint density at radius 2 is 1.83 bits per heavy atom. The summed E-state index contributed by atoms with van der Waals surface area (Å²) in [7, 11) is 0. The smallest absolute Gasteiger partial charge is 0.195 e. The first kappa shape index (κ1) is 19.5. The number of thiazole rings is 1. The Labute approximate surface area is 184 Å². The minimum Gasteiger partial charge on any atom is -0.291 e. The summed E-state index contributed by atoms with van der Waals surface area (Å²) in [4.78, 5) is 18.4. The fourth-order valence-corrected chi connectivity index (χ4v) is 9.61. The van der Waals surface area contributed by atoms with Crippen LogP contribution in [0.15, 0.2) is 24.3 Å². The maximum Gasteiger partial charge on any atom is 0.195 e. The average molecular weight is 422 g/mol. The van der Waals surface area contributed by atoms with Crippen LogP contribution in [-0.4, -0.2) is 10.8 Å². The normalized spacial score (nSPS) is 43.1. The second-order valence-electron chi connectivity index (χ2n) is 11.4. The molecule has 0 N–H and O–H groups in total. The van der Waals surface area contributed by atoms with E-state index in [4.69, 9.17) is 4.98 Å². The van der Waals surface area contributed by atoms with Crippen LogP contribution in [0.4, 0.5) is 0 Å². The molecule has 0 spiro atoms. The highest BCUT2D eigenvalue weighted by molar-refractivity contribution is 7.20. The summed E-state index contributed by atoms with van der Waals surface area (Å²) in [6.07, 6.45) is 12.3. The number of benzene rings is 1. The van der Waals surface area contributed by atoms with E-state index in [9.17, 15) is 4.79 Å². The fourth-order valence-electron chi connectivity index (χ4n) is 8.65. The van der Waals surface area contributed by atoms with E-state index < -0.39 is 0 Å². The van der Waals surface area contributed by atoms with Crippen LogP contribution in [0.25, 0.3) is 10.2 Å². The molecule has 3 heteroatoms. The Kier molecular flexibility index (Phi) is 4.64. The van der Waals surface area contributed by atoms with Crippen LogP contribution in [0.2, 0.25) is 0 Å². The molecule has 4 fully saturated rings. The zero-order valence-electron chi connectivity index (χ0n) is 18.5. The molecule has 2 nitrogen and oxygen atoms in total. The summed E-state index contributed by atoms with van der Waals surface area (Å²) >= 11 is 1.61.